The summed E-state index contributed by atoms with van der Waals surface area (Å²) in [6.07, 6.45) is 3.59. The van der Waals surface area contributed by atoms with Crippen molar-refractivity contribution >= 4 is 11.8 Å². The van der Waals surface area contributed by atoms with Crippen LogP contribution in [-0.2, 0) is 0 Å². The second-order valence-corrected chi connectivity index (χ2v) is 6.76. The average molecular weight is 283 g/mol. The van der Waals surface area contributed by atoms with E-state index in [1.165, 1.54) is 31.1 Å². The summed E-state index contributed by atoms with van der Waals surface area (Å²) in [6, 6.07) is 4.84. The molecule has 4 heteroatoms. The topological polar surface area (TPSA) is 32.3 Å². The van der Waals surface area contributed by atoms with Crippen LogP contribution in [-0.4, -0.2) is 22.2 Å². The Bertz CT molecular complexity index is 427. The van der Waals surface area contributed by atoms with Crippen molar-refractivity contribution in [3.8, 4) is 5.75 Å². The van der Waals surface area contributed by atoms with E-state index in [4.69, 9.17) is 0 Å². The van der Waals surface area contributed by atoms with Crippen molar-refractivity contribution in [2.45, 2.75) is 50.4 Å². The number of halogens is 1. The molecular formula is C15H22FNOS. The highest BCUT2D eigenvalue weighted by Crippen LogP contribution is 2.31. The highest BCUT2D eigenvalue weighted by molar-refractivity contribution is 7.99. The van der Waals surface area contributed by atoms with Crippen molar-refractivity contribution in [3.05, 3.63) is 29.6 Å². The van der Waals surface area contributed by atoms with Gasteiger partial charge in [-0.25, -0.2) is 4.39 Å². The largest absolute Gasteiger partial charge is 0.508 e. The summed E-state index contributed by atoms with van der Waals surface area (Å²) in [5, 5.41) is 13.5. The number of rotatable bonds is 5. The van der Waals surface area contributed by atoms with Gasteiger partial charge in [0.25, 0.3) is 0 Å². The smallest absolute Gasteiger partial charge is 0.131 e. The van der Waals surface area contributed by atoms with E-state index in [0.29, 0.717) is 11.6 Å². The van der Waals surface area contributed by atoms with E-state index in [1.54, 1.807) is 12.1 Å². The molecule has 1 aliphatic rings. The molecule has 19 heavy (non-hydrogen) atoms. The Kier molecular flexibility index (Phi) is 5.11. The van der Waals surface area contributed by atoms with Crippen LogP contribution in [0.25, 0.3) is 0 Å². The van der Waals surface area contributed by atoms with Gasteiger partial charge in [-0.15, -0.1) is 0 Å². The lowest BCUT2D eigenvalue weighted by Gasteiger charge is -2.20. The van der Waals surface area contributed by atoms with E-state index >= 15 is 0 Å². The van der Waals surface area contributed by atoms with Crippen LogP contribution >= 0.6 is 11.8 Å². The molecular weight excluding hydrogens is 261 g/mol. The first kappa shape index (κ1) is 14.7. The third kappa shape index (κ3) is 3.86. The Morgan fingerprint density at radius 2 is 2.26 bits per heavy atom. The number of nitrogens with one attached hydrogen (secondary N) is 1. The molecule has 2 nitrogen and oxygen atoms in total. The summed E-state index contributed by atoms with van der Waals surface area (Å²) in [7, 11) is 0. The lowest BCUT2D eigenvalue weighted by atomic mass is 10.1. The molecule has 1 fully saturated rings. The van der Waals surface area contributed by atoms with Gasteiger partial charge in [0.1, 0.15) is 11.6 Å². The van der Waals surface area contributed by atoms with Crippen LogP contribution in [0.4, 0.5) is 4.39 Å². The van der Waals surface area contributed by atoms with Crippen molar-refractivity contribution in [2.75, 3.05) is 5.75 Å². The van der Waals surface area contributed by atoms with E-state index in [-0.39, 0.29) is 17.6 Å². The first-order valence-corrected chi connectivity index (χ1v) is 8.01. The molecule has 0 bridgehead atoms. The zero-order chi connectivity index (χ0) is 13.8. The lowest BCUT2D eigenvalue weighted by Crippen LogP contribution is -2.30. The third-order valence-electron chi connectivity index (χ3n) is 3.72. The number of thioether (sulfide) groups is 1. The zero-order valence-corrected chi connectivity index (χ0v) is 12.3. The molecule has 1 aliphatic carbocycles. The molecule has 1 saturated carbocycles. The van der Waals surface area contributed by atoms with Gasteiger partial charge in [-0.3, -0.25) is 0 Å². The summed E-state index contributed by atoms with van der Waals surface area (Å²) in [4.78, 5) is 0. The minimum Gasteiger partial charge on any atom is -0.508 e. The number of phenols is 1. The normalized spacial score (nSPS) is 24.6. The van der Waals surface area contributed by atoms with Crippen LogP contribution in [0.15, 0.2) is 18.2 Å². The first-order valence-electron chi connectivity index (χ1n) is 6.96. The van der Waals surface area contributed by atoms with Gasteiger partial charge in [0.15, 0.2) is 0 Å². The molecule has 1 aromatic rings. The SMILES string of the molecule is CCSC1CCC(NC(C)c2ccc(O)cc2F)C1. The Morgan fingerprint density at radius 3 is 2.95 bits per heavy atom. The first-order chi connectivity index (χ1) is 9.10. The molecule has 0 saturated heterocycles. The predicted molar refractivity (Wildman–Crippen MR) is 79.2 cm³/mol. The van der Waals surface area contributed by atoms with Crippen LogP contribution in [0.3, 0.4) is 0 Å². The van der Waals surface area contributed by atoms with E-state index in [2.05, 4.69) is 12.2 Å². The molecule has 2 N–H and O–H groups in total. The molecule has 2 rings (SSSR count). The minimum absolute atomic E-state index is 0.0176. The van der Waals surface area contributed by atoms with E-state index in [0.717, 1.165) is 5.25 Å². The molecule has 0 aliphatic heterocycles. The fourth-order valence-corrected chi connectivity index (χ4v) is 3.93. The van der Waals surface area contributed by atoms with Gasteiger partial charge in [-0.2, -0.15) is 11.8 Å². The summed E-state index contributed by atoms with van der Waals surface area (Å²) in [5.41, 5.74) is 0.629. The highest BCUT2D eigenvalue weighted by Gasteiger charge is 2.26. The second-order valence-electron chi connectivity index (χ2n) is 5.18. The quantitative estimate of drug-likeness (QED) is 0.860. The van der Waals surface area contributed by atoms with E-state index in [1.807, 2.05) is 18.7 Å². The van der Waals surface area contributed by atoms with Gasteiger partial charge in [-0.1, -0.05) is 13.0 Å². The molecule has 0 aromatic heterocycles. The Labute approximate surface area is 118 Å². The molecule has 0 radical (unpaired) electrons. The van der Waals surface area contributed by atoms with Crippen molar-refractivity contribution in [3.63, 3.8) is 0 Å². The number of hydrogen-bond acceptors (Lipinski definition) is 3. The van der Waals surface area contributed by atoms with Gasteiger partial charge in [0.05, 0.1) is 0 Å². The summed E-state index contributed by atoms with van der Waals surface area (Å²) in [5.74, 6) is 0.811. The minimum atomic E-state index is -0.336. The molecule has 0 spiro atoms. The fourth-order valence-electron chi connectivity index (χ4n) is 2.79. The summed E-state index contributed by atoms with van der Waals surface area (Å²) < 4.78 is 13.8. The Balaban J connectivity index is 1.92. The molecule has 106 valence electrons. The molecule has 0 amide bonds. The van der Waals surface area contributed by atoms with E-state index in [9.17, 15) is 9.50 Å². The van der Waals surface area contributed by atoms with Crippen LogP contribution in [0, 0.1) is 5.82 Å². The maximum absolute atomic E-state index is 13.8. The molecule has 0 heterocycles. The second kappa shape index (κ2) is 6.62. The van der Waals surface area contributed by atoms with Gasteiger partial charge in [0.2, 0.25) is 0 Å². The fraction of sp³-hybridized carbons (Fsp3) is 0.600. The third-order valence-corrected chi connectivity index (χ3v) is 4.96. The van der Waals surface area contributed by atoms with Gasteiger partial charge < -0.3 is 10.4 Å². The predicted octanol–water partition coefficient (Wildman–Crippen LogP) is 3.86. The van der Waals surface area contributed by atoms with Gasteiger partial charge in [-0.05, 0) is 38.0 Å². The number of hydrogen-bond donors (Lipinski definition) is 2. The van der Waals surface area contributed by atoms with Crippen LogP contribution in [0.1, 0.15) is 44.7 Å². The number of aromatic hydroxyl groups is 1. The monoisotopic (exact) mass is 283 g/mol. The molecule has 3 unspecified atom stereocenters. The van der Waals surface area contributed by atoms with Crippen molar-refractivity contribution in [2.24, 2.45) is 0 Å². The summed E-state index contributed by atoms with van der Waals surface area (Å²) in [6.45, 7) is 4.18. The van der Waals surface area contributed by atoms with Crippen molar-refractivity contribution in [1.29, 1.82) is 0 Å². The molecule has 3 atom stereocenters. The van der Waals surface area contributed by atoms with Crippen LogP contribution in [0.2, 0.25) is 0 Å². The maximum Gasteiger partial charge on any atom is 0.131 e. The average Bonchev–Trinajstić information content (AvgIpc) is 2.76. The van der Waals surface area contributed by atoms with Crippen molar-refractivity contribution < 1.29 is 9.50 Å². The lowest BCUT2D eigenvalue weighted by molar-refractivity contribution is 0.440. The standard InChI is InChI=1S/C15H22FNOS/c1-3-19-13-6-4-11(8-13)17-10(2)14-7-5-12(18)9-15(14)16/h5,7,9-11,13,17-18H,3-4,6,8H2,1-2H3. The van der Waals surface area contributed by atoms with Gasteiger partial charge >= 0.3 is 0 Å². The Morgan fingerprint density at radius 1 is 1.47 bits per heavy atom. The number of benzene rings is 1. The van der Waals surface area contributed by atoms with Crippen molar-refractivity contribution in [1.82, 2.24) is 5.32 Å². The van der Waals surface area contributed by atoms with E-state index < -0.39 is 0 Å². The van der Waals surface area contributed by atoms with Crippen LogP contribution < -0.4 is 5.32 Å². The van der Waals surface area contributed by atoms with Crippen LogP contribution in [0.5, 0.6) is 5.75 Å². The maximum atomic E-state index is 13.8. The highest BCUT2D eigenvalue weighted by atomic mass is 32.2. The van der Waals surface area contributed by atoms with Gasteiger partial charge in [0, 0.05) is 29.0 Å². The summed E-state index contributed by atoms with van der Waals surface area (Å²) >= 11 is 2.02. The zero-order valence-electron chi connectivity index (χ0n) is 11.5. The number of phenolic OH excluding ortho intramolecular Hbond substituents is 1. The molecule has 1 aromatic carbocycles. The Hall–Kier alpha value is -0.740.